The summed E-state index contributed by atoms with van der Waals surface area (Å²) in [6.45, 7) is 3.08. The number of carbonyl (C=O) groups is 2. The Bertz CT molecular complexity index is 1910. The third-order valence-electron chi connectivity index (χ3n) is 8.73. The van der Waals surface area contributed by atoms with Crippen molar-refractivity contribution in [1.29, 1.82) is 0 Å². The number of ether oxygens (including phenoxy) is 1. The number of likely N-dealkylation sites (tertiary alicyclic amines) is 1. The van der Waals surface area contributed by atoms with E-state index in [0.717, 1.165) is 16.8 Å². The monoisotopic (exact) mass is 700 g/mol. The molecule has 6 rings (SSSR count). The minimum Gasteiger partial charge on any atom is -0.487 e. The summed E-state index contributed by atoms with van der Waals surface area (Å²) in [6, 6.07) is 11.2. The molecule has 2 aromatic heterocycles. The van der Waals surface area contributed by atoms with E-state index < -0.39 is 22.2 Å². The molecule has 4 heterocycles. The van der Waals surface area contributed by atoms with Crippen molar-refractivity contribution in [2.45, 2.75) is 50.2 Å². The Labute approximate surface area is 282 Å². The number of aromatic nitrogens is 3. The number of fused-ring (bicyclic) bond motifs is 1. The molecule has 0 unspecified atom stereocenters. The van der Waals surface area contributed by atoms with Gasteiger partial charge in [0.2, 0.25) is 15.9 Å². The quantitative estimate of drug-likeness (QED) is 0.240. The zero-order valence-corrected chi connectivity index (χ0v) is 27.9. The highest BCUT2D eigenvalue weighted by molar-refractivity contribution is 7.89. The SMILES string of the molecule is Cc1cc(-n2cccn2)c2cccc(OCc3c(Cl)ccc(S(=O)(=O)N4CCC[C@H]4C(=O)NCC4CCN(C(=O)O)CC4)c3Cl)c2n1. The van der Waals surface area contributed by atoms with Gasteiger partial charge < -0.3 is 20.1 Å². The fourth-order valence-electron chi connectivity index (χ4n) is 6.21. The maximum absolute atomic E-state index is 14.0. The molecule has 2 aliphatic rings. The Morgan fingerprint density at radius 3 is 2.60 bits per heavy atom. The van der Waals surface area contributed by atoms with Crippen LogP contribution in [-0.2, 0) is 21.4 Å². The molecule has 2 saturated heterocycles. The fourth-order valence-corrected chi connectivity index (χ4v) is 8.73. The van der Waals surface area contributed by atoms with Crippen LogP contribution in [0.25, 0.3) is 16.6 Å². The second kappa shape index (κ2) is 13.7. The normalized spacial score (nSPS) is 17.7. The third-order valence-corrected chi connectivity index (χ3v) is 11.6. The molecule has 0 aliphatic carbocycles. The number of amides is 2. The second-order valence-corrected chi connectivity index (χ2v) is 14.4. The van der Waals surface area contributed by atoms with E-state index in [1.54, 1.807) is 16.9 Å². The van der Waals surface area contributed by atoms with Crippen molar-refractivity contribution in [3.8, 4) is 11.4 Å². The van der Waals surface area contributed by atoms with Crippen molar-refractivity contribution in [3.63, 3.8) is 0 Å². The highest BCUT2D eigenvalue weighted by atomic mass is 35.5. The van der Waals surface area contributed by atoms with E-state index in [0.29, 0.717) is 62.1 Å². The lowest BCUT2D eigenvalue weighted by Crippen LogP contribution is -2.48. The predicted octanol–water partition coefficient (Wildman–Crippen LogP) is 5.27. The van der Waals surface area contributed by atoms with Gasteiger partial charge in [0.15, 0.2) is 0 Å². The topological polar surface area (TPSA) is 147 Å². The zero-order valence-electron chi connectivity index (χ0n) is 25.6. The highest BCUT2D eigenvalue weighted by Crippen LogP contribution is 2.37. The van der Waals surface area contributed by atoms with Crippen molar-refractivity contribution >= 4 is 56.1 Å². The molecule has 2 N–H and O–H groups in total. The summed E-state index contributed by atoms with van der Waals surface area (Å²) >= 11 is 13.3. The third kappa shape index (κ3) is 6.75. The molecule has 0 saturated carbocycles. The maximum Gasteiger partial charge on any atom is 0.407 e. The average molecular weight is 702 g/mol. The number of pyridine rings is 1. The zero-order chi connectivity index (χ0) is 33.3. The molecule has 1 atom stereocenters. The first-order chi connectivity index (χ1) is 22.5. The van der Waals surface area contributed by atoms with E-state index in [-0.39, 0.29) is 39.9 Å². The van der Waals surface area contributed by atoms with Gasteiger partial charge >= 0.3 is 6.09 Å². The van der Waals surface area contributed by atoms with E-state index in [2.05, 4.69) is 10.4 Å². The number of nitrogens with zero attached hydrogens (tertiary/aromatic N) is 5. The molecule has 15 heteroatoms. The van der Waals surface area contributed by atoms with Gasteiger partial charge in [0.05, 0.1) is 10.7 Å². The molecular weight excluding hydrogens is 667 g/mol. The Morgan fingerprint density at radius 1 is 1.09 bits per heavy atom. The van der Waals surface area contributed by atoms with E-state index in [4.69, 9.17) is 32.9 Å². The van der Waals surface area contributed by atoms with Crippen LogP contribution in [0.1, 0.15) is 36.9 Å². The van der Waals surface area contributed by atoms with E-state index in [1.165, 1.54) is 21.3 Å². The average Bonchev–Trinajstić information content (AvgIpc) is 3.77. The molecule has 2 amide bonds. The van der Waals surface area contributed by atoms with Crippen LogP contribution < -0.4 is 10.1 Å². The van der Waals surface area contributed by atoms with Crippen molar-refractivity contribution in [2.75, 3.05) is 26.2 Å². The number of aryl methyl sites for hydroxylation is 1. The summed E-state index contributed by atoms with van der Waals surface area (Å²) in [5.74, 6) is 0.200. The first-order valence-corrected chi connectivity index (χ1v) is 17.5. The van der Waals surface area contributed by atoms with Crippen molar-refractivity contribution < 1.29 is 27.9 Å². The van der Waals surface area contributed by atoms with Crippen LogP contribution in [0.15, 0.2) is 59.8 Å². The number of carboxylic acid groups (broad SMARTS) is 1. The molecule has 47 heavy (non-hydrogen) atoms. The van der Waals surface area contributed by atoms with Crippen LogP contribution in [0.3, 0.4) is 0 Å². The number of hydrogen-bond donors (Lipinski definition) is 2. The first-order valence-electron chi connectivity index (χ1n) is 15.3. The molecule has 0 spiro atoms. The van der Waals surface area contributed by atoms with E-state index >= 15 is 0 Å². The Hall–Kier alpha value is -3.91. The van der Waals surface area contributed by atoms with Gasteiger partial charge in [0, 0.05) is 60.2 Å². The first kappa shape index (κ1) is 33.0. The standard InChI is InChI=1S/C32H34Cl2N6O6S/c1-20-17-26(39-13-4-12-36-39)22-5-2-7-27(30(22)37-20)46-19-23-24(33)8-9-28(29(23)34)47(44,45)40-14-3-6-25(40)31(41)35-18-21-10-15-38(16-11-21)32(42)43/h2,4-5,7-9,12-13,17,21,25H,3,6,10-11,14-16,18-19H2,1H3,(H,35,41)(H,42,43)/t25-/m0/s1. The highest BCUT2D eigenvalue weighted by Gasteiger charge is 2.41. The molecule has 2 aromatic carbocycles. The lowest BCUT2D eigenvalue weighted by Gasteiger charge is -2.30. The minimum atomic E-state index is -4.18. The lowest BCUT2D eigenvalue weighted by atomic mass is 9.97. The summed E-state index contributed by atoms with van der Waals surface area (Å²) in [7, 11) is -4.18. The van der Waals surface area contributed by atoms with Gasteiger partial charge in [0.25, 0.3) is 0 Å². The fraction of sp³-hybridized carbons (Fsp3) is 0.375. The number of rotatable bonds is 9. The van der Waals surface area contributed by atoms with Crippen LogP contribution in [-0.4, -0.2) is 81.7 Å². The van der Waals surface area contributed by atoms with Gasteiger partial charge in [-0.15, -0.1) is 0 Å². The lowest BCUT2D eigenvalue weighted by molar-refractivity contribution is -0.124. The van der Waals surface area contributed by atoms with E-state index in [9.17, 15) is 23.1 Å². The van der Waals surface area contributed by atoms with Gasteiger partial charge in [-0.2, -0.15) is 9.40 Å². The molecule has 0 radical (unpaired) electrons. The Kier molecular flexibility index (Phi) is 9.60. The summed E-state index contributed by atoms with van der Waals surface area (Å²) in [4.78, 5) is 30.3. The second-order valence-electron chi connectivity index (χ2n) is 11.7. The van der Waals surface area contributed by atoms with Gasteiger partial charge in [0.1, 0.15) is 28.8 Å². The molecule has 12 nitrogen and oxygen atoms in total. The van der Waals surface area contributed by atoms with Crippen LogP contribution in [0.2, 0.25) is 10.0 Å². The van der Waals surface area contributed by atoms with Crippen LogP contribution in [0.5, 0.6) is 5.75 Å². The number of para-hydroxylation sites is 1. The number of carbonyl (C=O) groups excluding carboxylic acids is 1. The van der Waals surface area contributed by atoms with Crippen molar-refractivity contribution in [3.05, 3.63) is 76.2 Å². The number of hydrogen-bond acceptors (Lipinski definition) is 7. The molecule has 4 aromatic rings. The van der Waals surface area contributed by atoms with Gasteiger partial charge in [-0.25, -0.2) is 22.9 Å². The van der Waals surface area contributed by atoms with E-state index in [1.807, 2.05) is 37.4 Å². The van der Waals surface area contributed by atoms with Gasteiger partial charge in [-0.1, -0.05) is 35.3 Å². The molecule has 2 fully saturated rings. The summed E-state index contributed by atoms with van der Waals surface area (Å²) in [6.07, 6.45) is 4.74. The summed E-state index contributed by atoms with van der Waals surface area (Å²) in [5, 5.41) is 17.4. The maximum atomic E-state index is 14.0. The molecular formula is C32H34Cl2N6O6S. The smallest absolute Gasteiger partial charge is 0.407 e. The predicted molar refractivity (Wildman–Crippen MR) is 177 cm³/mol. The number of nitrogens with one attached hydrogen (secondary N) is 1. The van der Waals surface area contributed by atoms with Crippen LogP contribution in [0.4, 0.5) is 4.79 Å². The number of benzene rings is 2. The summed E-state index contributed by atoms with van der Waals surface area (Å²) < 4.78 is 37.1. The Balaban J connectivity index is 1.19. The largest absolute Gasteiger partial charge is 0.487 e. The molecule has 2 aliphatic heterocycles. The molecule has 0 bridgehead atoms. The minimum absolute atomic E-state index is 0.0737. The Morgan fingerprint density at radius 2 is 1.87 bits per heavy atom. The number of halogens is 2. The van der Waals surface area contributed by atoms with Gasteiger partial charge in [-0.05, 0) is 68.9 Å². The number of piperidine rings is 1. The summed E-state index contributed by atoms with van der Waals surface area (Å²) in [5.41, 5.74) is 2.49. The number of sulfonamides is 1. The van der Waals surface area contributed by atoms with Crippen LogP contribution in [0, 0.1) is 12.8 Å². The van der Waals surface area contributed by atoms with Crippen molar-refractivity contribution in [2.24, 2.45) is 5.92 Å². The van der Waals surface area contributed by atoms with Gasteiger partial charge in [-0.3, -0.25) is 4.79 Å². The van der Waals surface area contributed by atoms with Crippen molar-refractivity contribution in [1.82, 2.24) is 29.3 Å². The van der Waals surface area contributed by atoms with Crippen LogP contribution >= 0.6 is 23.2 Å². The molecule has 248 valence electrons.